The molecule has 2 amide bonds. The third kappa shape index (κ3) is 1.98. The van der Waals surface area contributed by atoms with Gasteiger partial charge in [-0.25, -0.2) is 0 Å². The van der Waals surface area contributed by atoms with Crippen molar-refractivity contribution in [1.82, 2.24) is 0 Å². The number of nitrogens with one attached hydrogen (secondary N) is 2. The van der Waals surface area contributed by atoms with Crippen LogP contribution in [0.4, 0.5) is 11.4 Å². The molecule has 15 heavy (non-hydrogen) atoms. The van der Waals surface area contributed by atoms with Crippen molar-refractivity contribution < 1.29 is 9.59 Å². The first kappa shape index (κ1) is 9.71. The van der Waals surface area contributed by atoms with Crippen molar-refractivity contribution in [2.24, 2.45) is 0 Å². The summed E-state index contributed by atoms with van der Waals surface area (Å²) < 4.78 is 0. The van der Waals surface area contributed by atoms with Crippen LogP contribution in [-0.2, 0) is 16.0 Å². The van der Waals surface area contributed by atoms with Crippen LogP contribution in [0.5, 0.6) is 0 Å². The van der Waals surface area contributed by atoms with E-state index in [1.807, 2.05) is 18.2 Å². The Hall–Kier alpha value is -1.84. The van der Waals surface area contributed by atoms with Crippen LogP contribution in [0.1, 0.15) is 18.9 Å². The van der Waals surface area contributed by atoms with Gasteiger partial charge in [-0.2, -0.15) is 0 Å². The number of fused-ring (bicyclic) bond motifs is 1. The minimum atomic E-state index is -0.0969. The van der Waals surface area contributed by atoms with Crippen LogP contribution >= 0.6 is 0 Å². The number of carbonyl (C=O) groups is 2. The molecule has 78 valence electrons. The predicted molar refractivity (Wildman–Crippen MR) is 57.7 cm³/mol. The molecule has 0 saturated carbocycles. The second kappa shape index (κ2) is 3.73. The summed E-state index contributed by atoms with van der Waals surface area (Å²) in [6, 6.07) is 5.51. The average Bonchev–Trinajstić information content (AvgIpc) is 2.16. The van der Waals surface area contributed by atoms with Gasteiger partial charge in [0.2, 0.25) is 11.8 Å². The van der Waals surface area contributed by atoms with Gasteiger partial charge in [0.1, 0.15) is 0 Å². The van der Waals surface area contributed by atoms with Crippen molar-refractivity contribution in [3.05, 3.63) is 23.8 Å². The van der Waals surface area contributed by atoms with E-state index in [2.05, 4.69) is 10.6 Å². The summed E-state index contributed by atoms with van der Waals surface area (Å²) in [5.41, 5.74) is 2.60. The van der Waals surface area contributed by atoms with Crippen molar-refractivity contribution in [3.63, 3.8) is 0 Å². The summed E-state index contributed by atoms with van der Waals surface area (Å²) in [5.74, 6) is -0.0669. The summed E-state index contributed by atoms with van der Waals surface area (Å²) in [5, 5.41) is 5.54. The minimum Gasteiger partial charge on any atom is -0.326 e. The number of rotatable bonds is 1. The molecule has 1 aromatic carbocycles. The Labute approximate surface area is 87.7 Å². The van der Waals surface area contributed by atoms with Crippen LogP contribution < -0.4 is 10.6 Å². The molecule has 0 aliphatic carbocycles. The molecule has 0 unspecified atom stereocenters. The Morgan fingerprint density at radius 2 is 2.20 bits per heavy atom. The first-order valence-electron chi connectivity index (χ1n) is 4.86. The standard InChI is InChI=1S/C11H12N2O2/c1-7(14)12-9-3-2-4-10-8(9)5-6-11(15)13-10/h2-4H,5-6H2,1H3,(H,12,14)(H,13,15). The Kier molecular flexibility index (Phi) is 2.41. The Morgan fingerprint density at radius 1 is 1.40 bits per heavy atom. The van der Waals surface area contributed by atoms with Gasteiger partial charge in [0, 0.05) is 24.7 Å². The lowest BCUT2D eigenvalue weighted by molar-refractivity contribution is -0.116. The maximum Gasteiger partial charge on any atom is 0.224 e. The van der Waals surface area contributed by atoms with Gasteiger partial charge in [-0.1, -0.05) is 6.07 Å². The second-order valence-corrected chi connectivity index (χ2v) is 3.56. The minimum absolute atomic E-state index is 0.0301. The van der Waals surface area contributed by atoms with E-state index in [4.69, 9.17) is 0 Å². The van der Waals surface area contributed by atoms with Crippen LogP contribution in [-0.4, -0.2) is 11.8 Å². The summed E-state index contributed by atoms with van der Waals surface area (Å²) in [4.78, 5) is 22.1. The maximum absolute atomic E-state index is 11.2. The Morgan fingerprint density at radius 3 is 2.93 bits per heavy atom. The van der Waals surface area contributed by atoms with Gasteiger partial charge in [0.25, 0.3) is 0 Å². The summed E-state index contributed by atoms with van der Waals surface area (Å²) >= 11 is 0. The number of anilines is 2. The van der Waals surface area contributed by atoms with Crippen LogP contribution in [0.3, 0.4) is 0 Å². The quantitative estimate of drug-likeness (QED) is 0.728. The molecule has 0 bridgehead atoms. The van der Waals surface area contributed by atoms with E-state index < -0.39 is 0 Å². The number of hydrogen-bond acceptors (Lipinski definition) is 2. The molecule has 0 atom stereocenters. The van der Waals surface area contributed by atoms with E-state index in [0.717, 1.165) is 16.9 Å². The molecular weight excluding hydrogens is 192 g/mol. The molecule has 0 radical (unpaired) electrons. The fraction of sp³-hybridized carbons (Fsp3) is 0.273. The monoisotopic (exact) mass is 204 g/mol. The Bertz CT molecular complexity index is 427. The van der Waals surface area contributed by atoms with Crippen LogP contribution in [0, 0.1) is 0 Å². The number of amides is 2. The van der Waals surface area contributed by atoms with Crippen LogP contribution in [0.15, 0.2) is 18.2 Å². The number of carbonyl (C=O) groups excluding carboxylic acids is 2. The number of hydrogen-bond donors (Lipinski definition) is 2. The van der Waals surface area contributed by atoms with Gasteiger partial charge in [0.05, 0.1) is 0 Å². The first-order valence-corrected chi connectivity index (χ1v) is 4.86. The largest absolute Gasteiger partial charge is 0.326 e. The predicted octanol–water partition coefficient (Wildman–Crippen LogP) is 1.53. The number of benzene rings is 1. The van der Waals surface area contributed by atoms with E-state index in [1.54, 1.807) is 0 Å². The summed E-state index contributed by atoms with van der Waals surface area (Å²) in [7, 11) is 0. The highest BCUT2D eigenvalue weighted by molar-refractivity contribution is 5.97. The first-order chi connectivity index (χ1) is 7.16. The van der Waals surface area contributed by atoms with E-state index in [-0.39, 0.29) is 11.8 Å². The van der Waals surface area contributed by atoms with Gasteiger partial charge >= 0.3 is 0 Å². The third-order valence-corrected chi connectivity index (χ3v) is 2.36. The molecule has 0 saturated heterocycles. The fourth-order valence-electron chi connectivity index (χ4n) is 1.73. The van der Waals surface area contributed by atoms with Crippen molar-refractivity contribution in [2.75, 3.05) is 10.6 Å². The van der Waals surface area contributed by atoms with Crippen molar-refractivity contribution in [2.45, 2.75) is 19.8 Å². The zero-order valence-electron chi connectivity index (χ0n) is 8.46. The molecular formula is C11H12N2O2. The van der Waals surface area contributed by atoms with Crippen LogP contribution in [0.25, 0.3) is 0 Å². The van der Waals surface area contributed by atoms with Crippen LogP contribution in [0.2, 0.25) is 0 Å². The third-order valence-electron chi connectivity index (χ3n) is 2.36. The highest BCUT2D eigenvalue weighted by atomic mass is 16.2. The van der Waals surface area contributed by atoms with E-state index in [0.29, 0.717) is 12.8 Å². The van der Waals surface area contributed by atoms with Crippen molar-refractivity contribution in [3.8, 4) is 0 Å². The van der Waals surface area contributed by atoms with Gasteiger partial charge in [-0.05, 0) is 24.1 Å². The molecule has 1 aromatic rings. The average molecular weight is 204 g/mol. The SMILES string of the molecule is CC(=O)Nc1cccc2c1CCC(=O)N2. The van der Waals surface area contributed by atoms with Crippen molar-refractivity contribution >= 4 is 23.2 Å². The second-order valence-electron chi connectivity index (χ2n) is 3.56. The van der Waals surface area contributed by atoms with E-state index in [9.17, 15) is 9.59 Å². The molecule has 0 fully saturated rings. The lowest BCUT2D eigenvalue weighted by atomic mass is 10.0. The molecule has 1 heterocycles. The lowest BCUT2D eigenvalue weighted by Gasteiger charge is -2.19. The van der Waals surface area contributed by atoms with Gasteiger partial charge in [0.15, 0.2) is 0 Å². The summed E-state index contributed by atoms with van der Waals surface area (Å²) in [6.45, 7) is 1.47. The van der Waals surface area contributed by atoms with Gasteiger partial charge in [-0.3, -0.25) is 9.59 Å². The fourth-order valence-corrected chi connectivity index (χ4v) is 1.73. The molecule has 1 aliphatic heterocycles. The Balaban J connectivity index is 2.37. The normalized spacial score (nSPS) is 14.1. The van der Waals surface area contributed by atoms with Gasteiger partial charge in [-0.15, -0.1) is 0 Å². The molecule has 2 rings (SSSR count). The smallest absolute Gasteiger partial charge is 0.224 e. The maximum atomic E-state index is 11.2. The molecule has 0 aromatic heterocycles. The molecule has 2 N–H and O–H groups in total. The lowest BCUT2D eigenvalue weighted by Crippen LogP contribution is -2.20. The van der Waals surface area contributed by atoms with Crippen molar-refractivity contribution in [1.29, 1.82) is 0 Å². The summed E-state index contributed by atoms with van der Waals surface area (Å²) in [6.07, 6.45) is 1.15. The topological polar surface area (TPSA) is 58.2 Å². The van der Waals surface area contributed by atoms with E-state index in [1.165, 1.54) is 6.92 Å². The molecule has 4 heteroatoms. The highest BCUT2D eigenvalue weighted by Gasteiger charge is 2.17. The molecule has 1 aliphatic rings. The van der Waals surface area contributed by atoms with E-state index >= 15 is 0 Å². The zero-order chi connectivity index (χ0) is 10.8. The highest BCUT2D eigenvalue weighted by Crippen LogP contribution is 2.29. The zero-order valence-corrected chi connectivity index (χ0v) is 8.46. The van der Waals surface area contributed by atoms with Gasteiger partial charge < -0.3 is 10.6 Å². The molecule has 0 spiro atoms. The molecule has 4 nitrogen and oxygen atoms in total.